The van der Waals surface area contributed by atoms with E-state index < -0.39 is 0 Å². The molecule has 0 saturated heterocycles. The molecule has 8 heteroatoms. The van der Waals surface area contributed by atoms with E-state index in [1.807, 2.05) is 144 Å². The summed E-state index contributed by atoms with van der Waals surface area (Å²) in [4.78, 5) is 0. The number of halogens is 8. The molecule has 0 unspecified atom stereocenters. The summed E-state index contributed by atoms with van der Waals surface area (Å²) in [5, 5.41) is 2.45. The first-order valence-electron chi connectivity index (χ1n) is 22.9. The SMILES string of the molecule is Cc1ccc(Br)cc1.Cc1ccc(Cl)cc1.Cc1ccc(F)cc1.Cc1cccc(Br)c1.Cc1cccc(Cl)c1.Cc1cccc(F)c1.Cc1ccccc1C.Cc1ccccc1Cl.Cc1ccccc1F. The van der Waals surface area contributed by atoms with Crippen molar-refractivity contribution in [3.8, 4) is 0 Å². The molecule has 0 fully saturated rings. The maximum absolute atomic E-state index is 12.3. The average Bonchev–Trinajstić information content (AvgIpc) is 3.34. The quantitative estimate of drug-likeness (QED) is 0.142. The van der Waals surface area contributed by atoms with E-state index in [-0.39, 0.29) is 17.5 Å². The van der Waals surface area contributed by atoms with Crippen LogP contribution in [0.15, 0.2) is 227 Å². The monoisotopic (exact) mass is 1150 g/mol. The fourth-order valence-corrected chi connectivity index (χ4v) is 6.47. The highest BCUT2D eigenvalue weighted by Crippen LogP contribution is 2.13. The minimum Gasteiger partial charge on any atom is -0.207 e. The van der Waals surface area contributed by atoms with Gasteiger partial charge >= 0.3 is 0 Å². The van der Waals surface area contributed by atoms with Gasteiger partial charge in [0.15, 0.2) is 0 Å². The molecule has 0 aromatic heterocycles. The Bertz CT molecular complexity index is 2340. The van der Waals surface area contributed by atoms with Crippen molar-refractivity contribution in [2.45, 2.75) is 69.2 Å². The van der Waals surface area contributed by atoms with E-state index in [0.717, 1.165) is 40.7 Å². The maximum atomic E-state index is 12.3. The fourth-order valence-electron chi connectivity index (χ4n) is 5.18. The molecule has 0 aliphatic carbocycles. The Morgan fingerprint density at radius 1 is 0.278 bits per heavy atom. The third-order valence-corrected chi connectivity index (χ3v) is 11.5. The molecule has 9 rings (SSSR count). The average molecular weight is 1160 g/mol. The Hall–Kier alpha value is -5.40. The molecule has 9 aromatic rings. The molecule has 0 aliphatic heterocycles. The lowest BCUT2D eigenvalue weighted by Gasteiger charge is -1.93. The predicted octanol–water partition coefficient (Wildman–Crippen LogP) is 22.2. The largest absolute Gasteiger partial charge is 0.207 e. The number of hydrogen-bond acceptors (Lipinski definition) is 0. The van der Waals surface area contributed by atoms with Crippen molar-refractivity contribution < 1.29 is 13.2 Å². The van der Waals surface area contributed by atoms with Gasteiger partial charge in [-0.1, -0.05) is 222 Å². The minimum absolute atomic E-state index is 0.132. The molecule has 0 amide bonds. The summed E-state index contributed by atoms with van der Waals surface area (Å²) in [6.45, 7) is 20.0. The number of rotatable bonds is 0. The summed E-state index contributed by atoms with van der Waals surface area (Å²) in [6, 6.07) is 67.7. The van der Waals surface area contributed by atoms with Crippen LogP contribution in [-0.2, 0) is 0 Å². The minimum atomic E-state index is -0.171. The van der Waals surface area contributed by atoms with Crippen molar-refractivity contribution in [3.63, 3.8) is 0 Å². The second kappa shape index (κ2) is 38.2. The van der Waals surface area contributed by atoms with Gasteiger partial charge in [-0.05, 0) is 188 Å². The van der Waals surface area contributed by atoms with Crippen LogP contribution in [0.25, 0.3) is 0 Å². The molecule has 0 radical (unpaired) electrons. The van der Waals surface area contributed by atoms with Crippen LogP contribution in [0, 0.1) is 86.7 Å². The van der Waals surface area contributed by atoms with Crippen molar-refractivity contribution in [1.29, 1.82) is 0 Å². The molecule has 0 spiro atoms. The molecular weight excluding hydrogens is 1090 g/mol. The van der Waals surface area contributed by atoms with E-state index in [9.17, 15) is 13.2 Å². The van der Waals surface area contributed by atoms with E-state index in [4.69, 9.17) is 34.8 Å². The van der Waals surface area contributed by atoms with Gasteiger partial charge in [0.05, 0.1) is 0 Å². The molecule has 0 saturated carbocycles. The summed E-state index contributed by atoms with van der Waals surface area (Å²) < 4.78 is 38.9. The van der Waals surface area contributed by atoms with Crippen molar-refractivity contribution >= 4 is 66.7 Å². The Labute approximate surface area is 461 Å². The molecule has 9 aromatic carbocycles. The Morgan fingerprint density at radius 2 is 0.681 bits per heavy atom. The van der Waals surface area contributed by atoms with Gasteiger partial charge in [0.2, 0.25) is 0 Å². The lowest BCUT2D eigenvalue weighted by molar-refractivity contribution is 0.618. The van der Waals surface area contributed by atoms with Crippen molar-refractivity contribution in [2.24, 2.45) is 0 Å². The summed E-state index contributed by atoms with van der Waals surface area (Å²) in [7, 11) is 0. The van der Waals surface area contributed by atoms with Crippen LogP contribution >= 0.6 is 66.7 Å². The predicted molar refractivity (Wildman–Crippen MR) is 316 cm³/mol. The van der Waals surface area contributed by atoms with Gasteiger partial charge in [0.25, 0.3) is 0 Å². The lowest BCUT2D eigenvalue weighted by atomic mass is 10.1. The second-order valence-electron chi connectivity index (χ2n) is 16.4. The zero-order valence-corrected chi connectivity index (χ0v) is 48.2. The van der Waals surface area contributed by atoms with Gasteiger partial charge in [-0.2, -0.15) is 0 Å². The van der Waals surface area contributed by atoms with E-state index >= 15 is 0 Å². The molecule has 0 nitrogen and oxygen atoms in total. The number of benzene rings is 9. The van der Waals surface area contributed by atoms with E-state index in [0.29, 0.717) is 5.56 Å². The van der Waals surface area contributed by atoms with Gasteiger partial charge in [-0.15, -0.1) is 0 Å². The highest BCUT2D eigenvalue weighted by atomic mass is 79.9. The topological polar surface area (TPSA) is 0 Å². The van der Waals surface area contributed by atoms with Crippen LogP contribution in [0.4, 0.5) is 13.2 Å². The summed E-state index contributed by atoms with van der Waals surface area (Å²) in [5.74, 6) is -0.465. The third kappa shape index (κ3) is 34.1. The highest BCUT2D eigenvalue weighted by molar-refractivity contribution is 9.10. The zero-order valence-electron chi connectivity index (χ0n) is 42.8. The van der Waals surface area contributed by atoms with Gasteiger partial charge in [-0.3, -0.25) is 0 Å². The molecule has 0 atom stereocenters. The normalized spacial score (nSPS) is 9.25. The highest BCUT2D eigenvalue weighted by Gasteiger charge is 1.90. The van der Waals surface area contributed by atoms with Crippen LogP contribution in [0.3, 0.4) is 0 Å². The second-order valence-corrected chi connectivity index (χ2v) is 19.5. The number of aryl methyl sites for hydroxylation is 10. The fraction of sp³-hybridized carbons (Fsp3) is 0.156. The van der Waals surface area contributed by atoms with E-state index in [1.165, 1.54) is 63.7 Å². The van der Waals surface area contributed by atoms with Crippen molar-refractivity contribution in [2.75, 3.05) is 0 Å². The van der Waals surface area contributed by atoms with Crippen LogP contribution in [-0.4, -0.2) is 0 Å². The molecule has 0 heterocycles. The third-order valence-electron chi connectivity index (χ3n) is 9.55. The molecule has 0 bridgehead atoms. The van der Waals surface area contributed by atoms with Gasteiger partial charge in [0, 0.05) is 24.0 Å². The molecule has 0 aliphatic rings. The van der Waals surface area contributed by atoms with Crippen molar-refractivity contribution in [3.05, 3.63) is 315 Å². The first-order valence-corrected chi connectivity index (χ1v) is 25.6. The number of hydrogen-bond donors (Lipinski definition) is 0. The van der Waals surface area contributed by atoms with Crippen molar-refractivity contribution in [1.82, 2.24) is 0 Å². The van der Waals surface area contributed by atoms with Gasteiger partial charge in [-0.25, -0.2) is 13.2 Å². The summed E-state index contributed by atoms with van der Waals surface area (Å²) in [5.41, 5.74) is 11.7. The van der Waals surface area contributed by atoms with E-state index in [1.54, 1.807) is 37.3 Å². The Balaban J connectivity index is 0.000000405. The Kier molecular flexibility index (Phi) is 34.3. The summed E-state index contributed by atoms with van der Waals surface area (Å²) in [6.07, 6.45) is 0. The lowest BCUT2D eigenvalue weighted by Crippen LogP contribution is -1.76. The Morgan fingerprint density at radius 3 is 0.958 bits per heavy atom. The zero-order chi connectivity index (χ0) is 53.8. The molecule has 378 valence electrons. The van der Waals surface area contributed by atoms with Gasteiger partial charge in [0.1, 0.15) is 17.5 Å². The van der Waals surface area contributed by atoms with Crippen LogP contribution in [0.2, 0.25) is 15.1 Å². The summed E-state index contributed by atoms with van der Waals surface area (Å²) >= 11 is 23.7. The molecule has 72 heavy (non-hydrogen) atoms. The maximum Gasteiger partial charge on any atom is 0.126 e. The van der Waals surface area contributed by atoms with Crippen LogP contribution in [0.5, 0.6) is 0 Å². The molecular formula is C64H66Br2Cl3F3. The smallest absolute Gasteiger partial charge is 0.126 e. The van der Waals surface area contributed by atoms with Gasteiger partial charge < -0.3 is 0 Å². The van der Waals surface area contributed by atoms with Crippen LogP contribution in [0.1, 0.15) is 55.6 Å². The molecule has 0 N–H and O–H groups in total. The van der Waals surface area contributed by atoms with E-state index in [2.05, 4.69) is 108 Å². The first kappa shape index (κ1) is 64.6. The van der Waals surface area contributed by atoms with Crippen LogP contribution < -0.4 is 0 Å². The first-order chi connectivity index (χ1) is 34.1. The standard InChI is InChI=1S/C8H10.2C7H7Br.3C7H7Cl.3C7H7F/c1-7-5-3-4-6-8(7)2;1-6-2-4-7(8)5-3-6;1-6-3-2-4-7(8)5-6;1-6-2-4-7(8)5-3-6;1-6-3-2-4-7(8)5-6;1-6-4-2-3-5-7(6)8;1-6-2-4-7(8)5-3-6;1-6-3-2-4-7(8)5-6;1-6-4-2-3-5-7(6)8/h3-6H,1-2H3;8*2-5H,1H3.